The zero-order valence-electron chi connectivity index (χ0n) is 12.8. The Labute approximate surface area is 122 Å². The van der Waals surface area contributed by atoms with Gasteiger partial charge in [0.15, 0.2) is 11.5 Å². The van der Waals surface area contributed by atoms with E-state index < -0.39 is 0 Å². The molecular formula is C16H26N2O2. The van der Waals surface area contributed by atoms with Gasteiger partial charge in [0.1, 0.15) is 0 Å². The Morgan fingerprint density at radius 2 is 2.20 bits per heavy atom. The molecule has 0 amide bonds. The molecule has 4 nitrogen and oxygen atoms in total. The zero-order valence-corrected chi connectivity index (χ0v) is 12.8. The molecule has 0 bridgehead atoms. The molecule has 1 atom stereocenters. The molecule has 0 saturated carbocycles. The number of ether oxygens (including phenoxy) is 2. The number of likely N-dealkylation sites (tertiary alicyclic amines) is 1. The minimum atomic E-state index is 0.656. The molecule has 112 valence electrons. The van der Waals surface area contributed by atoms with E-state index in [1.807, 2.05) is 13.0 Å². The second-order valence-corrected chi connectivity index (χ2v) is 5.47. The summed E-state index contributed by atoms with van der Waals surface area (Å²) in [4.78, 5) is 2.40. The zero-order chi connectivity index (χ0) is 14.4. The van der Waals surface area contributed by atoms with E-state index in [1.54, 1.807) is 7.11 Å². The number of nitrogens with zero attached hydrogens (tertiary/aromatic N) is 1. The average Bonchev–Trinajstić information content (AvgIpc) is 2.86. The van der Waals surface area contributed by atoms with Crippen LogP contribution < -0.4 is 14.8 Å². The van der Waals surface area contributed by atoms with Crippen molar-refractivity contribution in [1.82, 2.24) is 10.2 Å². The smallest absolute Gasteiger partial charge is 0.161 e. The lowest BCUT2D eigenvalue weighted by Crippen LogP contribution is -2.24. The molecule has 20 heavy (non-hydrogen) atoms. The summed E-state index contributed by atoms with van der Waals surface area (Å²) in [6.45, 7) is 7.03. The minimum Gasteiger partial charge on any atom is -0.493 e. The first kappa shape index (κ1) is 15.1. The molecule has 1 fully saturated rings. The molecule has 1 aromatic rings. The molecule has 1 N–H and O–H groups in total. The predicted molar refractivity (Wildman–Crippen MR) is 81.5 cm³/mol. The van der Waals surface area contributed by atoms with Gasteiger partial charge < -0.3 is 19.7 Å². The Morgan fingerprint density at radius 3 is 2.85 bits per heavy atom. The van der Waals surface area contributed by atoms with Crippen molar-refractivity contribution in [3.05, 3.63) is 23.8 Å². The maximum atomic E-state index is 5.53. The Bertz CT molecular complexity index is 423. The summed E-state index contributed by atoms with van der Waals surface area (Å²) in [7, 11) is 3.88. The highest BCUT2D eigenvalue weighted by atomic mass is 16.5. The van der Waals surface area contributed by atoms with Gasteiger partial charge in [-0.1, -0.05) is 6.07 Å². The van der Waals surface area contributed by atoms with Gasteiger partial charge in [0.05, 0.1) is 13.7 Å². The van der Waals surface area contributed by atoms with Crippen LogP contribution in [0.2, 0.25) is 0 Å². The molecule has 1 heterocycles. The van der Waals surface area contributed by atoms with Gasteiger partial charge in [-0.15, -0.1) is 0 Å². The fraction of sp³-hybridized carbons (Fsp3) is 0.625. The largest absolute Gasteiger partial charge is 0.493 e. The SMILES string of the molecule is CCOc1ccc(CNCC2CCN(C)C2)cc1OC. The van der Waals surface area contributed by atoms with Crippen molar-refractivity contribution in [2.75, 3.05) is 40.4 Å². The molecule has 1 unspecified atom stereocenters. The number of rotatable bonds is 7. The monoisotopic (exact) mass is 278 g/mol. The summed E-state index contributed by atoms with van der Waals surface area (Å²) in [5.74, 6) is 2.41. The Balaban J connectivity index is 1.83. The highest BCUT2D eigenvalue weighted by molar-refractivity contribution is 5.42. The molecule has 0 radical (unpaired) electrons. The van der Waals surface area contributed by atoms with Gasteiger partial charge >= 0.3 is 0 Å². The second kappa shape index (κ2) is 7.50. The van der Waals surface area contributed by atoms with Crippen molar-refractivity contribution >= 4 is 0 Å². The number of hydrogen-bond donors (Lipinski definition) is 1. The summed E-state index contributed by atoms with van der Waals surface area (Å²) in [6.07, 6.45) is 1.30. The number of hydrogen-bond acceptors (Lipinski definition) is 4. The van der Waals surface area contributed by atoms with Crippen LogP contribution in [0, 0.1) is 5.92 Å². The lowest BCUT2D eigenvalue weighted by atomic mass is 10.1. The van der Waals surface area contributed by atoms with E-state index in [9.17, 15) is 0 Å². The molecule has 0 aliphatic carbocycles. The number of methoxy groups -OCH3 is 1. The van der Waals surface area contributed by atoms with Gasteiger partial charge in [-0.3, -0.25) is 0 Å². The first-order valence-corrected chi connectivity index (χ1v) is 7.42. The van der Waals surface area contributed by atoms with Crippen LogP contribution in [0.4, 0.5) is 0 Å². The Morgan fingerprint density at radius 1 is 1.35 bits per heavy atom. The van der Waals surface area contributed by atoms with Crippen LogP contribution in [-0.4, -0.2) is 45.3 Å². The predicted octanol–water partition coefficient (Wildman–Crippen LogP) is 2.14. The third-order valence-electron chi connectivity index (χ3n) is 3.78. The van der Waals surface area contributed by atoms with Crippen LogP contribution in [0.1, 0.15) is 18.9 Å². The van der Waals surface area contributed by atoms with Gasteiger partial charge in [-0.2, -0.15) is 0 Å². The summed E-state index contributed by atoms with van der Waals surface area (Å²) in [6, 6.07) is 6.14. The lowest BCUT2D eigenvalue weighted by Gasteiger charge is -2.13. The maximum absolute atomic E-state index is 5.53. The van der Waals surface area contributed by atoms with Crippen LogP contribution in [0.5, 0.6) is 11.5 Å². The molecule has 0 spiro atoms. The van der Waals surface area contributed by atoms with E-state index in [-0.39, 0.29) is 0 Å². The van der Waals surface area contributed by atoms with Gasteiger partial charge in [0.2, 0.25) is 0 Å². The van der Waals surface area contributed by atoms with E-state index in [1.165, 1.54) is 25.1 Å². The number of benzene rings is 1. The quantitative estimate of drug-likeness (QED) is 0.828. The summed E-state index contributed by atoms with van der Waals surface area (Å²) < 4.78 is 10.9. The summed E-state index contributed by atoms with van der Waals surface area (Å²) in [5.41, 5.74) is 1.23. The third-order valence-corrected chi connectivity index (χ3v) is 3.78. The number of nitrogens with one attached hydrogen (secondary N) is 1. The second-order valence-electron chi connectivity index (χ2n) is 5.47. The topological polar surface area (TPSA) is 33.7 Å². The first-order chi connectivity index (χ1) is 9.72. The van der Waals surface area contributed by atoms with Crippen LogP contribution >= 0.6 is 0 Å². The van der Waals surface area contributed by atoms with E-state index in [2.05, 4.69) is 29.4 Å². The van der Waals surface area contributed by atoms with Gasteiger partial charge in [-0.25, -0.2) is 0 Å². The molecule has 1 aliphatic rings. The van der Waals surface area contributed by atoms with E-state index in [0.717, 1.165) is 30.5 Å². The molecular weight excluding hydrogens is 252 g/mol. The van der Waals surface area contributed by atoms with Crippen molar-refractivity contribution in [1.29, 1.82) is 0 Å². The summed E-state index contributed by atoms with van der Waals surface area (Å²) >= 11 is 0. The highest BCUT2D eigenvalue weighted by Gasteiger charge is 2.18. The maximum Gasteiger partial charge on any atom is 0.161 e. The van der Waals surface area contributed by atoms with Crippen molar-refractivity contribution in [2.24, 2.45) is 5.92 Å². The van der Waals surface area contributed by atoms with E-state index in [4.69, 9.17) is 9.47 Å². The van der Waals surface area contributed by atoms with Crippen molar-refractivity contribution in [2.45, 2.75) is 19.9 Å². The fourth-order valence-corrected chi connectivity index (χ4v) is 2.71. The van der Waals surface area contributed by atoms with Crippen LogP contribution in [0.15, 0.2) is 18.2 Å². The fourth-order valence-electron chi connectivity index (χ4n) is 2.71. The minimum absolute atomic E-state index is 0.656. The van der Waals surface area contributed by atoms with Crippen LogP contribution in [0.25, 0.3) is 0 Å². The molecule has 4 heteroatoms. The van der Waals surface area contributed by atoms with Crippen molar-refractivity contribution in [3.8, 4) is 11.5 Å². The van der Waals surface area contributed by atoms with Gasteiger partial charge in [-0.05, 0) is 57.1 Å². The standard InChI is InChI=1S/C16H26N2O2/c1-4-20-15-6-5-13(9-16(15)19-3)10-17-11-14-7-8-18(2)12-14/h5-6,9,14,17H,4,7-8,10-12H2,1-3H3. The normalized spacial score (nSPS) is 19.2. The average molecular weight is 278 g/mol. The van der Waals surface area contributed by atoms with Crippen LogP contribution in [0.3, 0.4) is 0 Å². The van der Waals surface area contributed by atoms with Gasteiger partial charge in [0.25, 0.3) is 0 Å². The Hall–Kier alpha value is -1.26. The highest BCUT2D eigenvalue weighted by Crippen LogP contribution is 2.28. The molecule has 1 aliphatic heterocycles. The first-order valence-electron chi connectivity index (χ1n) is 7.42. The summed E-state index contributed by atoms with van der Waals surface area (Å²) in [5, 5.41) is 3.54. The van der Waals surface area contributed by atoms with Crippen LogP contribution in [-0.2, 0) is 6.54 Å². The molecule has 0 aromatic heterocycles. The lowest BCUT2D eigenvalue weighted by molar-refractivity contribution is 0.310. The Kier molecular flexibility index (Phi) is 5.68. The van der Waals surface area contributed by atoms with E-state index in [0.29, 0.717) is 6.61 Å². The molecule has 1 saturated heterocycles. The van der Waals surface area contributed by atoms with E-state index >= 15 is 0 Å². The van der Waals surface area contributed by atoms with Crippen molar-refractivity contribution in [3.63, 3.8) is 0 Å². The molecule has 2 rings (SSSR count). The van der Waals surface area contributed by atoms with Gasteiger partial charge in [0, 0.05) is 13.1 Å². The third kappa shape index (κ3) is 4.12. The molecule has 1 aromatic carbocycles. The van der Waals surface area contributed by atoms with Crippen molar-refractivity contribution < 1.29 is 9.47 Å².